The molecule has 0 atom stereocenters. The third-order valence-corrected chi connectivity index (χ3v) is 9.15. The second-order valence-corrected chi connectivity index (χ2v) is 16.4. The summed E-state index contributed by atoms with van der Waals surface area (Å²) in [5, 5.41) is 2.62. The van der Waals surface area contributed by atoms with Crippen LogP contribution in [0.2, 0.25) is 0 Å². The van der Waals surface area contributed by atoms with E-state index in [2.05, 4.69) is 104 Å². The van der Waals surface area contributed by atoms with Crippen molar-refractivity contribution in [2.45, 2.75) is 394 Å². The molecule has 3 rings (SSSR count). The van der Waals surface area contributed by atoms with E-state index in [1.54, 1.807) is 0 Å². The molecule has 0 saturated carbocycles. The third-order valence-electron chi connectivity index (χ3n) is 9.15. The van der Waals surface area contributed by atoms with Crippen molar-refractivity contribution in [1.82, 2.24) is 0 Å². The van der Waals surface area contributed by atoms with Crippen molar-refractivity contribution in [2.24, 2.45) is 0 Å². The Morgan fingerprint density at radius 2 is 0.308 bits per heavy atom. The number of rotatable bonds is 24. The minimum atomic E-state index is 0. The van der Waals surface area contributed by atoms with Crippen LogP contribution >= 0.6 is 0 Å². The van der Waals surface area contributed by atoms with Crippen LogP contribution in [0, 0.1) is 0 Å². The SMILES string of the molecule is C.C.C.C.C.C.C.C.C.C.C.C.CC.CC.CC.CC(C)=O.CC(C)=O.CCCCCCCCC.CCCCCCCCC.CCCCCCCCC.CCCCCCCCC.c1ccc2ccccc2c1.c1ccccc1. The maximum atomic E-state index is 9.44. The van der Waals surface area contributed by atoms with Gasteiger partial charge in [-0.25, -0.2) is 0 Å². The highest BCUT2D eigenvalue weighted by molar-refractivity contribution is 5.82. The van der Waals surface area contributed by atoms with Gasteiger partial charge in [-0.1, -0.05) is 451 Å². The van der Waals surface area contributed by atoms with E-state index in [0.717, 1.165) is 0 Å². The molecule has 3 aromatic rings. The minimum Gasteiger partial charge on any atom is -0.300 e. The highest BCUT2D eigenvalue weighted by Gasteiger charge is 1.89. The molecule has 0 radical (unpaired) electrons. The first-order valence-electron chi connectivity index (χ1n) is 28.5. The van der Waals surface area contributed by atoms with Crippen LogP contribution in [0.4, 0.5) is 0 Å². The Bertz CT molecular complexity index is 946. The van der Waals surface area contributed by atoms with E-state index in [4.69, 9.17) is 0 Å². The van der Waals surface area contributed by atoms with Crippen molar-refractivity contribution < 1.29 is 9.59 Å². The summed E-state index contributed by atoms with van der Waals surface area (Å²) in [6.07, 6.45) is 39.9. The van der Waals surface area contributed by atoms with Gasteiger partial charge in [-0.05, 0) is 38.5 Å². The van der Waals surface area contributed by atoms with E-state index in [0.29, 0.717) is 0 Å². The van der Waals surface area contributed by atoms with Gasteiger partial charge < -0.3 is 9.59 Å². The number of hydrogen-bond acceptors (Lipinski definition) is 2. The zero-order valence-corrected chi connectivity index (χ0v) is 48.7. The fourth-order valence-electron chi connectivity index (χ4n) is 5.64. The molecule has 78 heavy (non-hydrogen) atoms. The van der Waals surface area contributed by atoms with Crippen molar-refractivity contribution in [3.63, 3.8) is 0 Å². The molecular formula is C76H172O2. The van der Waals surface area contributed by atoms with Gasteiger partial charge >= 0.3 is 0 Å². The molecular weight excluding hydrogens is 945 g/mol. The molecule has 0 N–H and O–H groups in total. The van der Waals surface area contributed by atoms with Crippen molar-refractivity contribution in [1.29, 1.82) is 0 Å². The lowest BCUT2D eigenvalue weighted by Gasteiger charge is -1.96. The molecule has 0 unspecified atom stereocenters. The Morgan fingerprint density at radius 3 is 0.397 bits per heavy atom. The Hall–Kier alpha value is -2.74. The lowest BCUT2D eigenvalue weighted by molar-refractivity contribution is -0.115. The van der Waals surface area contributed by atoms with Crippen LogP contribution in [-0.2, 0) is 9.59 Å². The van der Waals surface area contributed by atoms with E-state index in [9.17, 15) is 9.59 Å². The van der Waals surface area contributed by atoms with E-state index in [1.807, 2.05) is 77.9 Å². The van der Waals surface area contributed by atoms with Gasteiger partial charge in [0.05, 0.1) is 0 Å². The largest absolute Gasteiger partial charge is 0.300 e. The van der Waals surface area contributed by atoms with Crippen LogP contribution in [0.5, 0.6) is 0 Å². The molecule has 0 saturated heterocycles. The molecule has 0 aliphatic carbocycles. The second-order valence-electron chi connectivity index (χ2n) is 16.4. The lowest BCUT2D eigenvalue weighted by Crippen LogP contribution is -1.76. The summed E-state index contributed by atoms with van der Waals surface area (Å²) in [5.74, 6) is 0.333. The van der Waals surface area contributed by atoms with Crippen LogP contribution in [0.15, 0.2) is 84.9 Å². The van der Waals surface area contributed by atoms with Gasteiger partial charge in [0, 0.05) is 0 Å². The van der Waals surface area contributed by atoms with Gasteiger partial charge in [0.25, 0.3) is 0 Å². The molecule has 3 aromatic carbocycles. The number of carbonyl (C=O) groups is 2. The number of fused-ring (bicyclic) bond motifs is 1. The standard InChI is InChI=1S/C10H8.4C9H20.C6H6.2C3H6O.3C2H6.12CH4/c1-2-6-10-8-4-3-7-9(10)5-1;4*1-3-5-7-9-8-6-4-2;1-2-4-6-5-3-1;2*1-3(2)4;3*1-2;;;;;;;;;;;;/h1-8H;4*3-9H2,1-2H3;1-6H;2*1-2H3;3*1-2H3;12*1H4. The van der Waals surface area contributed by atoms with E-state index in [1.165, 1.54) is 218 Å². The predicted octanol–water partition coefficient (Wildman–Crippen LogP) is 31.5. The first-order valence-corrected chi connectivity index (χ1v) is 28.5. The number of carbonyl (C=O) groups excluding carboxylic acids is 2. The first kappa shape index (κ1) is 136. The van der Waals surface area contributed by atoms with E-state index >= 15 is 0 Å². The summed E-state index contributed by atoms with van der Waals surface area (Å²) in [7, 11) is 0. The van der Waals surface area contributed by atoms with Gasteiger partial charge in [-0.3, -0.25) is 0 Å². The van der Waals surface area contributed by atoms with Crippen LogP contribution in [0.3, 0.4) is 0 Å². The normalized spacial score (nSPS) is 7.41. The van der Waals surface area contributed by atoms with Crippen molar-refractivity contribution in [3.05, 3.63) is 84.9 Å². The van der Waals surface area contributed by atoms with E-state index in [-0.39, 0.29) is 101 Å². The van der Waals surface area contributed by atoms with Crippen LogP contribution in [0.1, 0.15) is 394 Å². The minimum absolute atomic E-state index is 0. The van der Waals surface area contributed by atoms with Gasteiger partial charge in [-0.15, -0.1) is 0 Å². The molecule has 0 aliphatic heterocycles. The summed E-state index contributed by atoms with van der Waals surface area (Å²) in [6.45, 7) is 36.2. The predicted molar refractivity (Wildman–Crippen MR) is 393 cm³/mol. The summed E-state index contributed by atoms with van der Waals surface area (Å²) in [6, 6.07) is 28.7. The highest BCUT2D eigenvalue weighted by Crippen LogP contribution is 2.11. The molecule has 0 aliphatic rings. The summed E-state index contributed by atoms with van der Waals surface area (Å²) < 4.78 is 0. The Kier molecular flexibility index (Phi) is 264. The van der Waals surface area contributed by atoms with Crippen molar-refractivity contribution in [2.75, 3.05) is 0 Å². The quantitative estimate of drug-likeness (QED) is 0.0838. The molecule has 0 heterocycles. The molecule has 0 bridgehead atoms. The average Bonchev–Trinajstić information content (AvgIpc) is 3.35. The molecule has 0 amide bonds. The lowest BCUT2D eigenvalue weighted by atomic mass is 10.1. The van der Waals surface area contributed by atoms with Gasteiger partial charge in [-0.2, -0.15) is 0 Å². The highest BCUT2D eigenvalue weighted by atomic mass is 16.1. The number of Topliss-reactive ketones (excluding diaryl/α,β-unsaturated/α-hetero) is 2. The first-order chi connectivity index (χ1) is 32.1. The maximum Gasteiger partial charge on any atom is 0.126 e. The molecule has 0 aromatic heterocycles. The zero-order chi connectivity index (χ0) is 52.0. The Morgan fingerprint density at radius 1 is 0.218 bits per heavy atom. The number of hydrogen-bond donors (Lipinski definition) is 0. The Labute approximate surface area is 508 Å². The number of ketones is 2. The fraction of sp³-hybridized carbons (Fsp3) is 0.763. The monoisotopic (exact) mass is 1120 g/mol. The van der Waals surface area contributed by atoms with Gasteiger partial charge in [0.1, 0.15) is 11.6 Å². The van der Waals surface area contributed by atoms with Crippen LogP contribution in [0.25, 0.3) is 10.8 Å². The van der Waals surface area contributed by atoms with Gasteiger partial charge in [0.15, 0.2) is 0 Å². The molecule has 488 valence electrons. The summed E-state index contributed by atoms with van der Waals surface area (Å²) in [4.78, 5) is 18.9. The third kappa shape index (κ3) is 187. The van der Waals surface area contributed by atoms with Crippen LogP contribution < -0.4 is 0 Å². The summed E-state index contributed by atoms with van der Waals surface area (Å²) in [5.41, 5.74) is 0. The molecule has 0 fully saturated rings. The maximum absolute atomic E-state index is 9.44. The average molecular weight is 1120 g/mol. The molecule has 2 nitrogen and oxygen atoms in total. The Balaban J connectivity index is -0.0000000267. The number of unbranched alkanes of at least 4 members (excludes halogenated alkanes) is 24. The van der Waals surface area contributed by atoms with Crippen molar-refractivity contribution >= 4 is 22.3 Å². The van der Waals surface area contributed by atoms with E-state index < -0.39 is 0 Å². The zero-order valence-electron chi connectivity index (χ0n) is 48.7. The molecule has 0 spiro atoms. The molecule has 2 heteroatoms. The second kappa shape index (κ2) is 152. The summed E-state index contributed by atoms with van der Waals surface area (Å²) >= 11 is 0. The fourth-order valence-corrected chi connectivity index (χ4v) is 5.64. The topological polar surface area (TPSA) is 34.1 Å². The van der Waals surface area contributed by atoms with Crippen molar-refractivity contribution in [3.8, 4) is 0 Å². The smallest absolute Gasteiger partial charge is 0.126 e. The van der Waals surface area contributed by atoms with Gasteiger partial charge in [0.2, 0.25) is 0 Å². The van der Waals surface area contributed by atoms with Crippen LogP contribution in [-0.4, -0.2) is 11.6 Å². The number of benzene rings is 3.